The predicted octanol–water partition coefficient (Wildman–Crippen LogP) is 5.36. The summed E-state index contributed by atoms with van der Waals surface area (Å²) in [6.07, 6.45) is -4.50. The van der Waals surface area contributed by atoms with Gasteiger partial charge >= 0.3 is 6.18 Å². The number of nitrogens with zero attached hydrogens (tertiary/aromatic N) is 3. The Balaban J connectivity index is 1.59. The lowest BCUT2D eigenvalue weighted by Crippen LogP contribution is -2.28. The summed E-state index contributed by atoms with van der Waals surface area (Å²) in [5, 5.41) is 14.3. The average Bonchev–Trinajstić information content (AvgIpc) is 3.12. The van der Waals surface area contributed by atoms with Crippen LogP contribution in [0.1, 0.15) is 34.7 Å². The van der Waals surface area contributed by atoms with Crippen molar-refractivity contribution in [2.45, 2.75) is 24.3 Å². The summed E-state index contributed by atoms with van der Waals surface area (Å²) in [4.78, 5) is 24.7. The third-order valence-electron chi connectivity index (χ3n) is 4.59. The minimum atomic E-state index is -4.50. The van der Waals surface area contributed by atoms with Crippen molar-refractivity contribution in [1.82, 2.24) is 20.1 Å². The summed E-state index contributed by atoms with van der Waals surface area (Å²) in [6.45, 7) is 1.71. The Morgan fingerprint density at radius 1 is 1.15 bits per heavy atom. The number of anilines is 1. The Bertz CT molecular complexity index is 1220. The number of halogens is 5. The number of carbonyl (C=O) groups is 2. The molecule has 0 radical (unpaired) electrons. The minimum absolute atomic E-state index is 0.0382. The van der Waals surface area contributed by atoms with Gasteiger partial charge in [-0.15, -0.1) is 10.2 Å². The first kappa shape index (κ1) is 25.9. The molecule has 2 N–H and O–H groups in total. The maximum Gasteiger partial charge on any atom is 0.416 e. The van der Waals surface area contributed by atoms with E-state index in [1.807, 2.05) is 0 Å². The van der Waals surface area contributed by atoms with E-state index in [1.54, 1.807) is 24.6 Å². The van der Waals surface area contributed by atoms with E-state index in [9.17, 15) is 22.8 Å². The van der Waals surface area contributed by atoms with Crippen LogP contribution < -0.4 is 10.6 Å². The van der Waals surface area contributed by atoms with Gasteiger partial charge in [-0.2, -0.15) is 13.2 Å². The molecule has 0 fully saturated rings. The molecule has 0 aliphatic carbocycles. The fourth-order valence-electron chi connectivity index (χ4n) is 2.94. The largest absolute Gasteiger partial charge is 0.416 e. The molecule has 0 bridgehead atoms. The molecule has 3 rings (SSSR count). The molecule has 1 atom stereocenters. The van der Waals surface area contributed by atoms with Crippen molar-refractivity contribution in [2.75, 3.05) is 11.1 Å². The Labute approximate surface area is 207 Å². The number of alkyl halides is 3. The van der Waals surface area contributed by atoms with Gasteiger partial charge in [-0.25, -0.2) is 0 Å². The summed E-state index contributed by atoms with van der Waals surface area (Å²) in [6, 6.07) is 8.35. The summed E-state index contributed by atoms with van der Waals surface area (Å²) in [5.41, 5.74) is -0.566. The second kappa shape index (κ2) is 10.7. The number of hydrogen-bond acceptors (Lipinski definition) is 5. The number of thioether (sulfide) groups is 1. The second-order valence-electron chi connectivity index (χ2n) is 7.13. The number of rotatable bonds is 7. The van der Waals surface area contributed by atoms with E-state index in [0.29, 0.717) is 16.0 Å². The maximum atomic E-state index is 12.8. The Hall–Kier alpha value is -2.76. The van der Waals surface area contributed by atoms with Gasteiger partial charge in [-0.1, -0.05) is 41.0 Å². The molecular weight excluding hydrogens is 514 g/mol. The van der Waals surface area contributed by atoms with Crippen molar-refractivity contribution in [3.63, 3.8) is 0 Å². The zero-order chi connectivity index (χ0) is 25.0. The van der Waals surface area contributed by atoms with Gasteiger partial charge in [0.1, 0.15) is 0 Å². The van der Waals surface area contributed by atoms with Crippen LogP contribution in [-0.2, 0) is 18.0 Å². The van der Waals surface area contributed by atoms with Crippen LogP contribution in [-0.4, -0.2) is 32.3 Å². The number of nitrogens with one attached hydrogen (secondary N) is 2. The van der Waals surface area contributed by atoms with Gasteiger partial charge in [0, 0.05) is 17.8 Å². The molecule has 2 amide bonds. The Kier molecular flexibility index (Phi) is 8.11. The fraction of sp³-hybridized carbons (Fsp3) is 0.238. The monoisotopic (exact) mass is 531 g/mol. The molecule has 0 saturated heterocycles. The Morgan fingerprint density at radius 2 is 1.88 bits per heavy atom. The number of amides is 2. The van der Waals surface area contributed by atoms with Crippen molar-refractivity contribution < 1.29 is 22.8 Å². The molecule has 7 nitrogen and oxygen atoms in total. The highest BCUT2D eigenvalue weighted by molar-refractivity contribution is 7.99. The zero-order valence-corrected chi connectivity index (χ0v) is 20.1. The van der Waals surface area contributed by atoms with E-state index in [4.69, 9.17) is 23.2 Å². The molecule has 0 spiro atoms. The first-order valence-electron chi connectivity index (χ1n) is 9.71. The molecule has 1 aromatic heterocycles. The van der Waals surface area contributed by atoms with Gasteiger partial charge in [0.05, 0.1) is 27.9 Å². The van der Waals surface area contributed by atoms with Crippen molar-refractivity contribution >= 4 is 52.5 Å². The first-order valence-corrected chi connectivity index (χ1v) is 11.4. The summed E-state index contributed by atoms with van der Waals surface area (Å²) in [5.74, 6) is -0.609. The smallest absolute Gasteiger partial charge is 0.342 e. The standard InChI is InChI=1S/C21H18Cl2F3N5O2S/c1-11(27-19(33)15-7-6-13(22)9-16(15)23)18-29-30-20(31(18)2)34-10-17(32)28-14-5-3-4-12(8-14)21(24,25)26/h3-9,11H,10H2,1-2H3,(H,27,33)(H,28,32)/t11-/m0/s1. The SMILES string of the molecule is C[C@H](NC(=O)c1ccc(Cl)cc1Cl)c1nnc(SCC(=O)Nc2cccc(C(F)(F)F)c2)n1C. The molecule has 2 aromatic carbocycles. The third kappa shape index (κ3) is 6.43. The van der Waals surface area contributed by atoms with E-state index in [1.165, 1.54) is 24.3 Å². The topological polar surface area (TPSA) is 88.9 Å². The van der Waals surface area contributed by atoms with Gasteiger partial charge in [0.25, 0.3) is 5.91 Å². The molecule has 34 heavy (non-hydrogen) atoms. The van der Waals surface area contributed by atoms with E-state index < -0.39 is 29.6 Å². The van der Waals surface area contributed by atoms with Crippen molar-refractivity contribution in [3.05, 3.63) is 69.5 Å². The van der Waals surface area contributed by atoms with Gasteiger partial charge < -0.3 is 15.2 Å². The second-order valence-corrected chi connectivity index (χ2v) is 8.92. The maximum absolute atomic E-state index is 12.8. The van der Waals surface area contributed by atoms with Crippen LogP contribution in [0.4, 0.5) is 18.9 Å². The first-order chi connectivity index (χ1) is 16.0. The van der Waals surface area contributed by atoms with E-state index >= 15 is 0 Å². The zero-order valence-electron chi connectivity index (χ0n) is 17.8. The lowest BCUT2D eigenvalue weighted by molar-refractivity contribution is -0.137. The van der Waals surface area contributed by atoms with Crippen molar-refractivity contribution in [2.24, 2.45) is 7.05 Å². The molecule has 0 saturated carbocycles. The predicted molar refractivity (Wildman–Crippen MR) is 124 cm³/mol. The van der Waals surface area contributed by atoms with E-state index in [2.05, 4.69) is 20.8 Å². The summed E-state index contributed by atoms with van der Waals surface area (Å²) in [7, 11) is 1.67. The minimum Gasteiger partial charge on any atom is -0.342 e. The number of carbonyl (C=O) groups excluding carboxylic acids is 2. The van der Waals surface area contributed by atoms with Crippen molar-refractivity contribution in [1.29, 1.82) is 0 Å². The molecular formula is C21H18Cl2F3N5O2S. The van der Waals surface area contributed by atoms with E-state index in [0.717, 1.165) is 23.9 Å². The van der Waals surface area contributed by atoms with Crippen LogP contribution in [0.15, 0.2) is 47.6 Å². The van der Waals surface area contributed by atoms with Crippen LogP contribution in [0, 0.1) is 0 Å². The molecule has 0 unspecified atom stereocenters. The van der Waals surface area contributed by atoms with Gasteiger partial charge in [0.15, 0.2) is 11.0 Å². The normalized spacial score (nSPS) is 12.3. The fourth-order valence-corrected chi connectivity index (χ4v) is 4.15. The van der Waals surface area contributed by atoms with Crippen LogP contribution in [0.2, 0.25) is 10.0 Å². The number of aromatic nitrogens is 3. The highest BCUT2D eigenvalue weighted by Gasteiger charge is 2.30. The summed E-state index contributed by atoms with van der Waals surface area (Å²) < 4.78 is 40.1. The highest BCUT2D eigenvalue weighted by atomic mass is 35.5. The molecule has 13 heteroatoms. The van der Waals surface area contributed by atoms with Gasteiger partial charge in [-0.3, -0.25) is 9.59 Å². The molecule has 1 heterocycles. The average molecular weight is 532 g/mol. The molecule has 0 aliphatic heterocycles. The highest BCUT2D eigenvalue weighted by Crippen LogP contribution is 2.31. The van der Waals surface area contributed by atoms with Crippen molar-refractivity contribution in [3.8, 4) is 0 Å². The lowest BCUT2D eigenvalue weighted by atomic mass is 10.2. The number of hydrogen-bond donors (Lipinski definition) is 2. The third-order valence-corrected chi connectivity index (χ3v) is 6.15. The van der Waals surface area contributed by atoms with Crippen LogP contribution in [0.25, 0.3) is 0 Å². The summed E-state index contributed by atoms with van der Waals surface area (Å²) >= 11 is 13.0. The number of benzene rings is 2. The molecule has 0 aliphatic rings. The molecule has 3 aromatic rings. The van der Waals surface area contributed by atoms with E-state index in [-0.39, 0.29) is 22.0 Å². The van der Waals surface area contributed by atoms with Crippen LogP contribution in [0.3, 0.4) is 0 Å². The quantitative estimate of drug-likeness (QED) is 0.400. The lowest BCUT2D eigenvalue weighted by Gasteiger charge is -2.14. The van der Waals surface area contributed by atoms with Crippen LogP contribution >= 0.6 is 35.0 Å². The van der Waals surface area contributed by atoms with Gasteiger partial charge in [-0.05, 0) is 43.3 Å². The van der Waals surface area contributed by atoms with Gasteiger partial charge in [0.2, 0.25) is 5.91 Å². The van der Waals surface area contributed by atoms with Crippen LogP contribution in [0.5, 0.6) is 0 Å². The Morgan fingerprint density at radius 3 is 2.56 bits per heavy atom. The molecule has 180 valence electrons.